The summed E-state index contributed by atoms with van der Waals surface area (Å²) in [5.41, 5.74) is 0.289. The molecular weight excluding hydrogens is 405 g/mol. The van der Waals surface area contributed by atoms with Crippen LogP contribution in [0.1, 0.15) is 43.6 Å². The number of H-pyrrole nitrogens is 1. The van der Waals surface area contributed by atoms with Crippen molar-refractivity contribution in [2.24, 2.45) is 0 Å². The van der Waals surface area contributed by atoms with E-state index in [1.165, 1.54) is 13.0 Å². The molecule has 3 N–H and O–H groups in total. The molecule has 2 aromatic heterocycles. The van der Waals surface area contributed by atoms with Gasteiger partial charge in [-0.15, -0.1) is 0 Å². The Bertz CT molecular complexity index is 1070. The summed E-state index contributed by atoms with van der Waals surface area (Å²) in [6.45, 7) is 4.60. The molecule has 0 saturated heterocycles. The molecule has 1 aromatic carbocycles. The van der Waals surface area contributed by atoms with Gasteiger partial charge in [0.1, 0.15) is 17.3 Å². The van der Waals surface area contributed by atoms with E-state index in [0.717, 1.165) is 16.5 Å². The van der Waals surface area contributed by atoms with Gasteiger partial charge in [-0.2, -0.15) is 4.39 Å². The van der Waals surface area contributed by atoms with Crippen LogP contribution < -0.4 is 5.32 Å². The molecule has 3 unspecified atom stereocenters. The largest absolute Gasteiger partial charge is 0.393 e. The molecule has 31 heavy (non-hydrogen) atoms. The summed E-state index contributed by atoms with van der Waals surface area (Å²) in [5.74, 6) is -1.57. The van der Waals surface area contributed by atoms with Crippen molar-refractivity contribution >= 4 is 16.7 Å². The lowest BCUT2D eigenvalue weighted by molar-refractivity contribution is 0.0161. The van der Waals surface area contributed by atoms with E-state index in [4.69, 9.17) is 0 Å². The van der Waals surface area contributed by atoms with E-state index in [1.54, 1.807) is 4.90 Å². The number of alkyl halides is 1. The Balaban J connectivity index is 1.92. The van der Waals surface area contributed by atoms with Crippen LogP contribution in [0.5, 0.6) is 0 Å². The third-order valence-electron chi connectivity index (χ3n) is 5.95. The van der Waals surface area contributed by atoms with Gasteiger partial charge in [-0.05, 0) is 38.8 Å². The lowest BCUT2D eigenvalue weighted by atomic mass is 9.87. The highest BCUT2D eigenvalue weighted by Gasteiger charge is 2.42. The molecular formula is C23H27F3N4O. The standard InChI is InChI=1S/C23H27F3N4O/c1-4-27-18-10-16(24)19(22(25)29-18)21-20-15(14-7-5-6-8-17(14)28-20)9-13(2)30(21)11-23(3,26)12-31/h5-8,10,13,21,28,31H,4,9,11-12H2,1-3H3,(H,27,29). The Labute approximate surface area is 179 Å². The summed E-state index contributed by atoms with van der Waals surface area (Å²) in [6.07, 6.45) is 0.587. The lowest BCUT2D eigenvalue weighted by Crippen LogP contribution is -2.50. The molecule has 0 amide bonds. The van der Waals surface area contributed by atoms with Crippen LogP contribution in [0.3, 0.4) is 0 Å². The first kappa shape index (κ1) is 21.6. The number of anilines is 1. The number of para-hydroxylation sites is 1. The highest BCUT2D eigenvalue weighted by molar-refractivity contribution is 5.85. The number of nitrogens with one attached hydrogen (secondary N) is 2. The Kier molecular flexibility index (Phi) is 5.70. The van der Waals surface area contributed by atoms with Gasteiger partial charge in [-0.3, -0.25) is 4.90 Å². The van der Waals surface area contributed by atoms with E-state index >= 15 is 8.78 Å². The number of nitrogens with zero attached hydrogens (tertiary/aromatic N) is 2. The number of pyridine rings is 1. The maximum absolute atomic E-state index is 15.3. The molecule has 1 aliphatic rings. The molecule has 0 saturated carbocycles. The summed E-state index contributed by atoms with van der Waals surface area (Å²) in [6, 6.07) is 7.73. The van der Waals surface area contributed by atoms with Crippen LogP contribution in [0.2, 0.25) is 0 Å². The third kappa shape index (κ3) is 3.90. The molecule has 1 aliphatic heterocycles. The van der Waals surface area contributed by atoms with Crippen molar-refractivity contribution in [3.8, 4) is 0 Å². The van der Waals surface area contributed by atoms with Gasteiger partial charge in [0.15, 0.2) is 0 Å². The molecule has 0 spiro atoms. The number of hydrogen-bond acceptors (Lipinski definition) is 4. The van der Waals surface area contributed by atoms with Crippen LogP contribution in [-0.4, -0.2) is 51.4 Å². The number of aliphatic hydroxyl groups excluding tert-OH is 1. The Morgan fingerprint density at radius 3 is 2.74 bits per heavy atom. The van der Waals surface area contributed by atoms with Crippen LogP contribution in [0, 0.1) is 11.8 Å². The number of fused-ring (bicyclic) bond motifs is 3. The topological polar surface area (TPSA) is 64.2 Å². The number of halogens is 3. The molecule has 166 valence electrons. The minimum atomic E-state index is -1.93. The molecule has 0 fully saturated rings. The van der Waals surface area contributed by atoms with Crippen LogP contribution in [0.25, 0.3) is 10.9 Å². The van der Waals surface area contributed by atoms with Gasteiger partial charge in [0.25, 0.3) is 0 Å². The predicted octanol–water partition coefficient (Wildman–Crippen LogP) is 4.33. The van der Waals surface area contributed by atoms with Gasteiger partial charge in [0.05, 0.1) is 18.2 Å². The van der Waals surface area contributed by atoms with Crippen molar-refractivity contribution in [3.63, 3.8) is 0 Å². The van der Waals surface area contributed by atoms with Crippen LogP contribution in [-0.2, 0) is 6.42 Å². The van der Waals surface area contributed by atoms with E-state index in [9.17, 15) is 9.50 Å². The van der Waals surface area contributed by atoms with Crippen LogP contribution in [0.15, 0.2) is 30.3 Å². The number of benzene rings is 1. The number of rotatable bonds is 6. The monoisotopic (exact) mass is 432 g/mol. The third-order valence-corrected chi connectivity index (χ3v) is 5.95. The van der Waals surface area contributed by atoms with Crippen molar-refractivity contribution in [2.45, 2.75) is 44.9 Å². The predicted molar refractivity (Wildman–Crippen MR) is 115 cm³/mol. The van der Waals surface area contributed by atoms with Gasteiger partial charge in [-0.25, -0.2) is 13.8 Å². The normalized spacial score (nSPS) is 21.1. The quantitative estimate of drug-likeness (QED) is 0.508. The molecule has 5 nitrogen and oxygen atoms in total. The number of hydrogen-bond donors (Lipinski definition) is 3. The minimum absolute atomic E-state index is 0.110. The zero-order valence-corrected chi connectivity index (χ0v) is 17.8. The van der Waals surface area contributed by atoms with Crippen LogP contribution in [0.4, 0.5) is 19.0 Å². The van der Waals surface area contributed by atoms with Crippen molar-refractivity contribution in [1.29, 1.82) is 0 Å². The van der Waals surface area contributed by atoms with E-state index in [0.29, 0.717) is 18.7 Å². The van der Waals surface area contributed by atoms with Crippen molar-refractivity contribution < 1.29 is 18.3 Å². The van der Waals surface area contributed by atoms with Crippen molar-refractivity contribution in [2.75, 3.05) is 25.0 Å². The van der Waals surface area contributed by atoms with E-state index < -0.39 is 30.1 Å². The second kappa shape index (κ2) is 8.16. The Morgan fingerprint density at radius 2 is 2.06 bits per heavy atom. The molecule has 8 heteroatoms. The fourth-order valence-electron chi connectivity index (χ4n) is 4.50. The highest BCUT2D eigenvalue weighted by Crippen LogP contribution is 2.43. The molecule has 4 rings (SSSR count). The van der Waals surface area contributed by atoms with E-state index in [-0.39, 0.29) is 24.0 Å². The second-order valence-electron chi connectivity index (χ2n) is 8.49. The van der Waals surface area contributed by atoms with Crippen molar-refractivity contribution in [1.82, 2.24) is 14.9 Å². The molecule has 0 aliphatic carbocycles. The SMILES string of the molecule is CCNc1cc(F)c(C2c3[nH]c4ccccc4c3CC(C)N2CC(C)(F)CO)c(F)n1. The Morgan fingerprint density at radius 1 is 1.32 bits per heavy atom. The van der Waals surface area contributed by atoms with Gasteiger partial charge in [0, 0.05) is 41.8 Å². The van der Waals surface area contributed by atoms with Crippen molar-refractivity contribution in [3.05, 3.63) is 58.9 Å². The highest BCUT2D eigenvalue weighted by atomic mass is 19.1. The first-order valence-electron chi connectivity index (χ1n) is 10.5. The average molecular weight is 432 g/mol. The zero-order valence-electron chi connectivity index (χ0n) is 17.8. The van der Waals surface area contributed by atoms with Gasteiger partial charge in [-0.1, -0.05) is 18.2 Å². The molecule has 0 radical (unpaired) electrons. The zero-order chi connectivity index (χ0) is 22.3. The number of aromatic amines is 1. The second-order valence-corrected chi connectivity index (χ2v) is 8.49. The molecule has 3 atom stereocenters. The molecule has 3 heterocycles. The summed E-state index contributed by atoms with van der Waals surface area (Å²) in [7, 11) is 0. The fourth-order valence-corrected chi connectivity index (χ4v) is 4.50. The minimum Gasteiger partial charge on any atom is -0.393 e. The van der Waals surface area contributed by atoms with Gasteiger partial charge >= 0.3 is 0 Å². The smallest absolute Gasteiger partial charge is 0.222 e. The summed E-state index contributed by atoms with van der Waals surface area (Å²) < 4.78 is 45.4. The maximum Gasteiger partial charge on any atom is 0.222 e. The Hall–Kier alpha value is -2.58. The van der Waals surface area contributed by atoms with Gasteiger partial charge < -0.3 is 15.4 Å². The fraction of sp³-hybridized carbons (Fsp3) is 0.435. The van der Waals surface area contributed by atoms with E-state index in [1.807, 2.05) is 38.1 Å². The first-order valence-corrected chi connectivity index (χ1v) is 10.5. The van der Waals surface area contributed by atoms with Gasteiger partial charge in [0.2, 0.25) is 5.95 Å². The molecule has 3 aromatic rings. The molecule has 0 bridgehead atoms. The lowest BCUT2D eigenvalue weighted by Gasteiger charge is -2.43. The van der Waals surface area contributed by atoms with Crippen LogP contribution >= 0.6 is 0 Å². The summed E-state index contributed by atoms with van der Waals surface area (Å²) >= 11 is 0. The van der Waals surface area contributed by atoms with E-state index in [2.05, 4.69) is 15.3 Å². The number of aliphatic hydroxyl groups is 1. The first-order chi connectivity index (χ1) is 14.8. The maximum atomic E-state index is 15.3. The average Bonchev–Trinajstić information content (AvgIpc) is 3.08. The number of aromatic nitrogens is 2. The summed E-state index contributed by atoms with van der Waals surface area (Å²) in [4.78, 5) is 8.92. The summed E-state index contributed by atoms with van der Waals surface area (Å²) in [5, 5.41) is 13.3.